The number of benzene rings is 1. The molecule has 7 nitrogen and oxygen atoms in total. The van der Waals surface area contributed by atoms with Crippen molar-refractivity contribution in [2.45, 2.75) is 18.9 Å². The van der Waals surface area contributed by atoms with Gasteiger partial charge in [0.15, 0.2) is 0 Å². The molecule has 0 bridgehead atoms. The van der Waals surface area contributed by atoms with Crippen LogP contribution in [0.25, 0.3) is 10.9 Å². The maximum Gasteiger partial charge on any atom is 0.317 e. The zero-order valence-corrected chi connectivity index (χ0v) is 13.8. The van der Waals surface area contributed by atoms with Crippen molar-refractivity contribution in [2.75, 3.05) is 26.2 Å². The van der Waals surface area contributed by atoms with Gasteiger partial charge in [-0.25, -0.2) is 4.79 Å². The van der Waals surface area contributed by atoms with E-state index >= 15 is 0 Å². The zero-order chi connectivity index (χ0) is 17.4. The summed E-state index contributed by atoms with van der Waals surface area (Å²) in [5.41, 5.74) is 0.797. The van der Waals surface area contributed by atoms with Crippen molar-refractivity contribution in [3.8, 4) is 0 Å². The smallest absolute Gasteiger partial charge is 0.317 e. The van der Waals surface area contributed by atoms with E-state index in [0.717, 1.165) is 18.2 Å². The number of piperidine rings is 1. The van der Waals surface area contributed by atoms with Gasteiger partial charge >= 0.3 is 6.03 Å². The minimum atomic E-state index is -0.283. The lowest BCUT2D eigenvalue weighted by Gasteiger charge is -2.37. The van der Waals surface area contributed by atoms with E-state index in [1.807, 2.05) is 23.1 Å². The molecule has 2 fully saturated rings. The first-order valence-corrected chi connectivity index (χ1v) is 8.59. The van der Waals surface area contributed by atoms with Gasteiger partial charge in [-0.15, -0.1) is 0 Å². The molecule has 4 rings (SSSR count). The highest BCUT2D eigenvalue weighted by atomic mass is 16.2. The molecule has 2 aliphatic rings. The van der Waals surface area contributed by atoms with Crippen molar-refractivity contribution in [1.82, 2.24) is 20.1 Å². The number of carbonyl (C=O) groups is 2. The molecule has 0 spiro atoms. The van der Waals surface area contributed by atoms with Gasteiger partial charge in [-0.05, 0) is 18.9 Å². The molecule has 0 saturated carbocycles. The summed E-state index contributed by atoms with van der Waals surface area (Å²) >= 11 is 0. The van der Waals surface area contributed by atoms with Crippen LogP contribution >= 0.6 is 0 Å². The lowest BCUT2D eigenvalue weighted by molar-refractivity contribution is 0.0636. The second-order valence-corrected chi connectivity index (χ2v) is 6.57. The maximum atomic E-state index is 13.1. The highest BCUT2D eigenvalue weighted by Crippen LogP contribution is 2.22. The monoisotopic (exact) mass is 340 g/mol. The molecule has 2 aromatic rings. The number of para-hydroxylation sites is 1. The number of hydrogen-bond acceptors (Lipinski definition) is 3. The van der Waals surface area contributed by atoms with Crippen molar-refractivity contribution < 1.29 is 9.59 Å². The number of urea groups is 1. The average molecular weight is 340 g/mol. The fraction of sp³-hybridized carbons (Fsp3) is 0.389. The molecule has 2 saturated heterocycles. The van der Waals surface area contributed by atoms with Crippen molar-refractivity contribution in [3.05, 3.63) is 46.2 Å². The minimum Gasteiger partial charge on any atom is -0.337 e. The summed E-state index contributed by atoms with van der Waals surface area (Å²) in [6, 6.07) is 8.67. The predicted octanol–water partition coefficient (Wildman–Crippen LogP) is 1.16. The number of aromatic amines is 1. The van der Waals surface area contributed by atoms with Gasteiger partial charge in [0.2, 0.25) is 5.56 Å². The van der Waals surface area contributed by atoms with Crippen molar-refractivity contribution >= 4 is 22.8 Å². The van der Waals surface area contributed by atoms with E-state index in [0.29, 0.717) is 37.3 Å². The van der Waals surface area contributed by atoms with Crippen LogP contribution in [0.2, 0.25) is 0 Å². The van der Waals surface area contributed by atoms with Crippen LogP contribution in [0.5, 0.6) is 0 Å². The molecule has 1 unspecified atom stereocenters. The fourth-order valence-corrected chi connectivity index (χ4v) is 3.78. The van der Waals surface area contributed by atoms with Crippen LogP contribution in [0.3, 0.4) is 0 Å². The van der Waals surface area contributed by atoms with Crippen LogP contribution < -0.4 is 10.9 Å². The average Bonchev–Trinajstić information content (AvgIpc) is 3.06. The second kappa shape index (κ2) is 6.23. The van der Waals surface area contributed by atoms with Gasteiger partial charge < -0.3 is 20.1 Å². The molecule has 130 valence electrons. The lowest BCUT2D eigenvalue weighted by atomic mass is 10.0. The Morgan fingerprint density at radius 2 is 2.00 bits per heavy atom. The Bertz CT molecular complexity index is 891. The van der Waals surface area contributed by atoms with Gasteiger partial charge in [0.25, 0.3) is 5.91 Å². The van der Waals surface area contributed by atoms with Gasteiger partial charge in [0.1, 0.15) is 0 Å². The molecule has 2 N–H and O–H groups in total. The molecule has 3 heterocycles. The van der Waals surface area contributed by atoms with Crippen molar-refractivity contribution in [2.24, 2.45) is 0 Å². The SMILES string of the molecule is O=C(c1cc(=O)[nH]c2ccccc12)N1CCCC(N2CCNC2=O)C1. The van der Waals surface area contributed by atoms with Crippen LogP contribution in [0.4, 0.5) is 4.79 Å². The highest BCUT2D eigenvalue weighted by Gasteiger charge is 2.33. The summed E-state index contributed by atoms with van der Waals surface area (Å²) in [7, 11) is 0. The highest BCUT2D eigenvalue weighted by molar-refractivity contribution is 6.06. The summed E-state index contributed by atoms with van der Waals surface area (Å²) in [5, 5.41) is 3.56. The molecule has 2 aliphatic heterocycles. The van der Waals surface area contributed by atoms with Gasteiger partial charge in [-0.1, -0.05) is 18.2 Å². The Balaban J connectivity index is 1.62. The third kappa shape index (κ3) is 2.86. The van der Waals surface area contributed by atoms with Crippen LogP contribution in [0, 0.1) is 0 Å². The van der Waals surface area contributed by atoms with Crippen LogP contribution in [-0.4, -0.2) is 58.9 Å². The fourth-order valence-electron chi connectivity index (χ4n) is 3.78. The number of fused-ring (bicyclic) bond motifs is 1. The lowest BCUT2D eigenvalue weighted by Crippen LogP contribution is -2.50. The molecule has 3 amide bonds. The molecule has 25 heavy (non-hydrogen) atoms. The van der Waals surface area contributed by atoms with Gasteiger partial charge in [0, 0.05) is 43.1 Å². The second-order valence-electron chi connectivity index (χ2n) is 6.57. The molecular weight excluding hydrogens is 320 g/mol. The molecular formula is C18H20N4O3. The summed E-state index contributed by atoms with van der Waals surface area (Å²) in [6.45, 7) is 2.49. The third-order valence-electron chi connectivity index (χ3n) is 5.00. The van der Waals surface area contributed by atoms with Gasteiger partial charge in [-0.2, -0.15) is 0 Å². The van der Waals surface area contributed by atoms with E-state index in [2.05, 4.69) is 10.3 Å². The summed E-state index contributed by atoms with van der Waals surface area (Å²) in [5.74, 6) is -0.147. The van der Waals surface area contributed by atoms with Crippen molar-refractivity contribution in [1.29, 1.82) is 0 Å². The topological polar surface area (TPSA) is 85.5 Å². The van der Waals surface area contributed by atoms with Crippen LogP contribution in [0.15, 0.2) is 35.1 Å². The summed E-state index contributed by atoms with van der Waals surface area (Å²) in [4.78, 5) is 43.2. The van der Waals surface area contributed by atoms with E-state index in [-0.39, 0.29) is 23.5 Å². The standard InChI is InChI=1S/C18H20N4O3/c23-16-10-14(13-5-1-2-6-15(13)20-16)17(24)21-8-3-4-12(11-21)22-9-7-19-18(22)25/h1-2,5-6,10,12H,3-4,7-9,11H2,(H,19,25)(H,20,23). The Morgan fingerprint density at radius 1 is 1.16 bits per heavy atom. The Morgan fingerprint density at radius 3 is 2.80 bits per heavy atom. The molecule has 0 aliphatic carbocycles. The summed E-state index contributed by atoms with van der Waals surface area (Å²) < 4.78 is 0. The van der Waals surface area contributed by atoms with E-state index in [1.54, 1.807) is 11.0 Å². The number of rotatable bonds is 2. The van der Waals surface area contributed by atoms with E-state index < -0.39 is 0 Å². The molecule has 1 aromatic carbocycles. The van der Waals surface area contributed by atoms with E-state index in [4.69, 9.17) is 0 Å². The van der Waals surface area contributed by atoms with E-state index in [9.17, 15) is 14.4 Å². The Labute approximate surface area is 144 Å². The Kier molecular flexibility index (Phi) is 3.91. The number of hydrogen-bond donors (Lipinski definition) is 2. The number of nitrogens with one attached hydrogen (secondary N) is 2. The normalized spacial score (nSPS) is 20.8. The molecule has 1 atom stereocenters. The maximum absolute atomic E-state index is 13.1. The number of pyridine rings is 1. The van der Waals surface area contributed by atoms with Gasteiger partial charge in [-0.3, -0.25) is 9.59 Å². The minimum absolute atomic E-state index is 0.0356. The number of amides is 3. The summed E-state index contributed by atoms with van der Waals surface area (Å²) in [6.07, 6.45) is 1.74. The largest absolute Gasteiger partial charge is 0.337 e. The number of nitrogens with zero attached hydrogens (tertiary/aromatic N) is 2. The third-order valence-corrected chi connectivity index (χ3v) is 5.00. The first kappa shape index (κ1) is 15.7. The molecule has 1 aromatic heterocycles. The first-order chi connectivity index (χ1) is 12.1. The quantitative estimate of drug-likeness (QED) is 0.860. The predicted molar refractivity (Wildman–Crippen MR) is 93.6 cm³/mol. The first-order valence-electron chi connectivity index (χ1n) is 8.59. The number of H-pyrrole nitrogens is 1. The molecule has 0 radical (unpaired) electrons. The van der Waals surface area contributed by atoms with E-state index in [1.165, 1.54) is 6.07 Å². The van der Waals surface area contributed by atoms with Crippen LogP contribution in [-0.2, 0) is 0 Å². The van der Waals surface area contributed by atoms with Gasteiger partial charge in [0.05, 0.1) is 11.6 Å². The Hall–Kier alpha value is -2.83. The molecule has 7 heteroatoms. The number of carbonyl (C=O) groups excluding carboxylic acids is 2. The number of likely N-dealkylation sites (tertiary alicyclic amines) is 1. The zero-order valence-electron chi connectivity index (χ0n) is 13.8. The van der Waals surface area contributed by atoms with Crippen molar-refractivity contribution in [3.63, 3.8) is 0 Å². The number of aromatic nitrogens is 1. The van der Waals surface area contributed by atoms with Crippen LogP contribution in [0.1, 0.15) is 23.2 Å².